The minimum Gasteiger partial charge on any atom is -0.289 e. The Hall–Kier alpha value is -2.24. The minimum absolute atomic E-state index is 0.00834. The van der Waals surface area contributed by atoms with E-state index in [1.165, 1.54) is 6.92 Å². The Kier molecular flexibility index (Phi) is 3.80. The molecule has 0 unspecified atom stereocenters. The van der Waals surface area contributed by atoms with E-state index in [2.05, 4.69) is 0 Å². The van der Waals surface area contributed by atoms with Crippen LogP contribution in [-0.4, -0.2) is 5.78 Å². The molecule has 0 aliphatic rings. The van der Waals surface area contributed by atoms with Crippen LogP contribution >= 0.6 is 0 Å². The van der Waals surface area contributed by atoms with Gasteiger partial charge in [-0.2, -0.15) is 13.2 Å². The zero-order valence-corrected chi connectivity index (χ0v) is 10.8. The first-order valence-electron chi connectivity index (χ1n) is 5.88. The fourth-order valence-electron chi connectivity index (χ4n) is 1.89. The van der Waals surface area contributed by atoms with Crippen molar-refractivity contribution >= 4 is 5.78 Å². The SMILES string of the molecule is Cc1cc(C(F)(F)F)ccc1C(=O)c1ccc(F)c(F)c1. The maximum atomic E-state index is 13.1. The fourth-order valence-corrected chi connectivity index (χ4v) is 1.89. The first kappa shape index (κ1) is 15.2. The van der Waals surface area contributed by atoms with E-state index in [0.29, 0.717) is 0 Å². The van der Waals surface area contributed by atoms with Crippen LogP contribution in [0.1, 0.15) is 27.0 Å². The van der Waals surface area contributed by atoms with Gasteiger partial charge in [-0.3, -0.25) is 4.79 Å². The standard InChI is InChI=1S/C15H9F5O/c1-8-6-10(15(18,19)20)3-4-11(8)14(21)9-2-5-12(16)13(17)7-9/h2-7H,1H3. The summed E-state index contributed by atoms with van der Waals surface area (Å²) >= 11 is 0. The average Bonchev–Trinajstić information content (AvgIpc) is 2.40. The number of aryl methyl sites for hydroxylation is 1. The second kappa shape index (κ2) is 5.27. The average molecular weight is 300 g/mol. The maximum Gasteiger partial charge on any atom is 0.416 e. The molecule has 2 aromatic rings. The van der Waals surface area contributed by atoms with E-state index in [-0.39, 0.29) is 16.7 Å². The molecule has 0 heterocycles. The van der Waals surface area contributed by atoms with Gasteiger partial charge in [-0.05, 0) is 42.8 Å². The molecule has 0 aliphatic heterocycles. The van der Waals surface area contributed by atoms with Crippen LogP contribution in [0.25, 0.3) is 0 Å². The van der Waals surface area contributed by atoms with Crippen LogP contribution in [0.4, 0.5) is 22.0 Å². The highest BCUT2D eigenvalue weighted by Crippen LogP contribution is 2.31. The van der Waals surface area contributed by atoms with Crippen LogP contribution in [0, 0.1) is 18.6 Å². The van der Waals surface area contributed by atoms with Crippen LogP contribution in [-0.2, 0) is 6.18 Å². The van der Waals surface area contributed by atoms with E-state index in [4.69, 9.17) is 0 Å². The molecule has 0 aromatic heterocycles. The van der Waals surface area contributed by atoms with Gasteiger partial charge in [-0.15, -0.1) is 0 Å². The molecular formula is C15H9F5O. The van der Waals surface area contributed by atoms with Gasteiger partial charge in [0.15, 0.2) is 17.4 Å². The number of carbonyl (C=O) groups excluding carboxylic acids is 1. The van der Waals surface area contributed by atoms with E-state index in [0.717, 1.165) is 36.4 Å². The van der Waals surface area contributed by atoms with Gasteiger partial charge in [-0.25, -0.2) is 8.78 Å². The van der Waals surface area contributed by atoms with E-state index < -0.39 is 29.2 Å². The lowest BCUT2D eigenvalue weighted by Crippen LogP contribution is -2.09. The fraction of sp³-hybridized carbons (Fsp3) is 0.133. The molecule has 2 rings (SSSR count). The number of rotatable bonds is 2. The summed E-state index contributed by atoms with van der Waals surface area (Å²) in [6.45, 7) is 1.35. The molecule has 110 valence electrons. The van der Waals surface area contributed by atoms with Gasteiger partial charge < -0.3 is 0 Å². The second-order valence-corrected chi connectivity index (χ2v) is 4.49. The lowest BCUT2D eigenvalue weighted by Gasteiger charge is -2.10. The minimum atomic E-state index is -4.51. The molecule has 0 radical (unpaired) electrons. The first-order chi connectivity index (χ1) is 9.70. The zero-order chi connectivity index (χ0) is 15.8. The van der Waals surface area contributed by atoms with Crippen LogP contribution in [0.3, 0.4) is 0 Å². The van der Waals surface area contributed by atoms with E-state index >= 15 is 0 Å². The van der Waals surface area contributed by atoms with Gasteiger partial charge >= 0.3 is 6.18 Å². The number of carbonyl (C=O) groups is 1. The van der Waals surface area contributed by atoms with E-state index in [1.54, 1.807) is 0 Å². The Morgan fingerprint density at radius 2 is 1.62 bits per heavy atom. The number of ketones is 1. The van der Waals surface area contributed by atoms with E-state index in [1.807, 2.05) is 0 Å². The van der Waals surface area contributed by atoms with Crippen molar-refractivity contribution in [1.82, 2.24) is 0 Å². The van der Waals surface area contributed by atoms with Gasteiger partial charge in [0.1, 0.15) is 0 Å². The smallest absolute Gasteiger partial charge is 0.289 e. The van der Waals surface area contributed by atoms with Crippen LogP contribution < -0.4 is 0 Å². The summed E-state index contributed by atoms with van der Waals surface area (Å²) in [6, 6.07) is 5.24. The highest BCUT2D eigenvalue weighted by Gasteiger charge is 2.31. The molecule has 21 heavy (non-hydrogen) atoms. The molecule has 2 aromatic carbocycles. The highest BCUT2D eigenvalue weighted by molar-refractivity contribution is 6.09. The first-order valence-corrected chi connectivity index (χ1v) is 5.88. The Morgan fingerprint density at radius 1 is 0.952 bits per heavy atom. The van der Waals surface area contributed by atoms with Gasteiger partial charge in [-0.1, -0.05) is 6.07 Å². The van der Waals surface area contributed by atoms with Crippen molar-refractivity contribution in [2.45, 2.75) is 13.1 Å². The number of hydrogen-bond donors (Lipinski definition) is 0. The Bertz CT molecular complexity index is 704. The molecule has 0 amide bonds. The summed E-state index contributed by atoms with van der Waals surface area (Å²) in [4.78, 5) is 12.1. The topological polar surface area (TPSA) is 17.1 Å². The summed E-state index contributed by atoms with van der Waals surface area (Å²) in [6.07, 6.45) is -4.51. The zero-order valence-electron chi connectivity index (χ0n) is 10.8. The van der Waals surface area contributed by atoms with Gasteiger partial charge in [0.25, 0.3) is 0 Å². The largest absolute Gasteiger partial charge is 0.416 e. The molecule has 0 N–H and O–H groups in total. The van der Waals surface area contributed by atoms with E-state index in [9.17, 15) is 26.7 Å². The third kappa shape index (κ3) is 3.09. The summed E-state index contributed by atoms with van der Waals surface area (Å²) in [5, 5.41) is 0. The molecule has 0 saturated heterocycles. The van der Waals surface area contributed by atoms with Crippen molar-refractivity contribution in [3.05, 3.63) is 70.3 Å². The molecule has 6 heteroatoms. The molecule has 0 bridgehead atoms. The van der Waals surface area contributed by atoms with Crippen molar-refractivity contribution in [2.24, 2.45) is 0 Å². The number of hydrogen-bond acceptors (Lipinski definition) is 1. The second-order valence-electron chi connectivity index (χ2n) is 4.49. The normalized spacial score (nSPS) is 11.5. The lowest BCUT2D eigenvalue weighted by atomic mass is 9.97. The molecule has 0 fully saturated rings. The lowest BCUT2D eigenvalue weighted by molar-refractivity contribution is -0.137. The van der Waals surface area contributed by atoms with Crippen molar-refractivity contribution < 1.29 is 26.7 Å². The van der Waals surface area contributed by atoms with Crippen LogP contribution in [0.5, 0.6) is 0 Å². The number of halogens is 5. The summed E-state index contributed by atoms with van der Waals surface area (Å²) in [5.41, 5.74) is -0.882. The predicted molar refractivity (Wildman–Crippen MR) is 66.0 cm³/mol. The van der Waals surface area contributed by atoms with Crippen LogP contribution in [0.15, 0.2) is 36.4 Å². The molecular weight excluding hydrogens is 291 g/mol. The molecule has 0 aliphatic carbocycles. The van der Waals surface area contributed by atoms with Crippen molar-refractivity contribution in [2.75, 3.05) is 0 Å². The molecule has 1 nitrogen and oxygen atoms in total. The molecule has 0 spiro atoms. The molecule has 0 saturated carbocycles. The summed E-state index contributed by atoms with van der Waals surface area (Å²) in [7, 11) is 0. The summed E-state index contributed by atoms with van der Waals surface area (Å²) < 4.78 is 63.6. The van der Waals surface area contributed by atoms with Crippen molar-refractivity contribution in [3.8, 4) is 0 Å². The monoisotopic (exact) mass is 300 g/mol. The Balaban J connectivity index is 2.42. The quantitative estimate of drug-likeness (QED) is 0.588. The number of benzene rings is 2. The number of alkyl halides is 3. The molecule has 0 atom stereocenters. The Labute approximate surface area is 117 Å². The maximum absolute atomic E-state index is 13.1. The van der Waals surface area contributed by atoms with Gasteiger partial charge in [0, 0.05) is 11.1 Å². The third-order valence-electron chi connectivity index (χ3n) is 2.98. The predicted octanol–water partition coefficient (Wildman–Crippen LogP) is 4.52. The van der Waals surface area contributed by atoms with Gasteiger partial charge in [0.05, 0.1) is 5.56 Å². The summed E-state index contributed by atoms with van der Waals surface area (Å²) in [5.74, 6) is -2.96. The van der Waals surface area contributed by atoms with Crippen molar-refractivity contribution in [3.63, 3.8) is 0 Å². The van der Waals surface area contributed by atoms with Crippen LogP contribution in [0.2, 0.25) is 0 Å². The van der Waals surface area contributed by atoms with Gasteiger partial charge in [0.2, 0.25) is 0 Å². The highest BCUT2D eigenvalue weighted by atomic mass is 19.4. The Morgan fingerprint density at radius 3 is 2.14 bits per heavy atom. The van der Waals surface area contributed by atoms with Crippen molar-refractivity contribution in [1.29, 1.82) is 0 Å². The third-order valence-corrected chi connectivity index (χ3v) is 2.98.